The van der Waals surface area contributed by atoms with Crippen molar-refractivity contribution in [2.24, 2.45) is 0 Å². The van der Waals surface area contributed by atoms with Crippen LogP contribution < -0.4 is 4.74 Å². The maximum Gasteiger partial charge on any atom is 0.125 e. The SMILES string of the molecule is COc1ccncc1CCO. The van der Waals surface area contributed by atoms with Crippen molar-refractivity contribution in [3.8, 4) is 5.75 Å². The number of aromatic nitrogens is 1. The van der Waals surface area contributed by atoms with Crippen LogP contribution in [0.2, 0.25) is 0 Å². The Labute approximate surface area is 65.7 Å². The predicted molar refractivity (Wildman–Crippen MR) is 41.6 cm³/mol. The maximum absolute atomic E-state index is 8.66. The van der Waals surface area contributed by atoms with Gasteiger partial charge in [-0.05, 0) is 6.07 Å². The van der Waals surface area contributed by atoms with Gasteiger partial charge in [-0.15, -0.1) is 0 Å². The van der Waals surface area contributed by atoms with E-state index in [1.807, 2.05) is 0 Å². The Balaban J connectivity index is 2.83. The molecule has 0 spiro atoms. The summed E-state index contributed by atoms with van der Waals surface area (Å²) in [5, 5.41) is 8.66. The molecule has 0 saturated carbocycles. The van der Waals surface area contributed by atoms with E-state index in [1.54, 1.807) is 25.6 Å². The molecule has 1 N–H and O–H groups in total. The van der Waals surface area contributed by atoms with E-state index >= 15 is 0 Å². The fourth-order valence-corrected chi connectivity index (χ4v) is 0.922. The topological polar surface area (TPSA) is 42.4 Å². The second kappa shape index (κ2) is 3.93. The Kier molecular flexibility index (Phi) is 2.86. The first kappa shape index (κ1) is 8.01. The third kappa shape index (κ3) is 1.91. The van der Waals surface area contributed by atoms with Crippen LogP contribution in [-0.4, -0.2) is 23.8 Å². The van der Waals surface area contributed by atoms with Gasteiger partial charge in [0.1, 0.15) is 5.75 Å². The summed E-state index contributed by atoms with van der Waals surface area (Å²) in [6.07, 6.45) is 3.96. The first-order chi connectivity index (χ1) is 5.38. The van der Waals surface area contributed by atoms with Gasteiger partial charge in [-0.25, -0.2) is 0 Å². The molecule has 0 fully saturated rings. The van der Waals surface area contributed by atoms with E-state index in [-0.39, 0.29) is 6.61 Å². The lowest BCUT2D eigenvalue weighted by molar-refractivity contribution is 0.296. The number of ether oxygens (including phenoxy) is 1. The summed E-state index contributed by atoms with van der Waals surface area (Å²) in [5.74, 6) is 0.786. The molecule has 0 unspecified atom stereocenters. The molecule has 1 aromatic heterocycles. The van der Waals surface area contributed by atoms with Crippen molar-refractivity contribution in [1.29, 1.82) is 0 Å². The zero-order valence-corrected chi connectivity index (χ0v) is 6.45. The Hall–Kier alpha value is -1.09. The van der Waals surface area contributed by atoms with E-state index in [2.05, 4.69) is 4.98 Å². The van der Waals surface area contributed by atoms with E-state index in [4.69, 9.17) is 9.84 Å². The first-order valence-corrected chi connectivity index (χ1v) is 3.46. The number of pyridine rings is 1. The van der Waals surface area contributed by atoms with Crippen LogP contribution in [-0.2, 0) is 6.42 Å². The van der Waals surface area contributed by atoms with Gasteiger partial charge in [0, 0.05) is 31.0 Å². The summed E-state index contributed by atoms with van der Waals surface area (Å²) >= 11 is 0. The number of nitrogens with zero attached hydrogens (tertiary/aromatic N) is 1. The largest absolute Gasteiger partial charge is 0.496 e. The third-order valence-corrected chi connectivity index (χ3v) is 1.46. The van der Waals surface area contributed by atoms with Crippen molar-refractivity contribution >= 4 is 0 Å². The molecular weight excluding hydrogens is 142 g/mol. The summed E-state index contributed by atoms with van der Waals surface area (Å²) in [5.41, 5.74) is 0.942. The van der Waals surface area contributed by atoms with Crippen molar-refractivity contribution in [3.05, 3.63) is 24.0 Å². The Morgan fingerprint density at radius 1 is 1.64 bits per heavy atom. The molecular formula is C8H11NO2. The van der Waals surface area contributed by atoms with Crippen molar-refractivity contribution in [1.82, 2.24) is 4.98 Å². The number of hydrogen-bond acceptors (Lipinski definition) is 3. The molecule has 0 atom stereocenters. The Morgan fingerprint density at radius 3 is 3.09 bits per heavy atom. The van der Waals surface area contributed by atoms with Crippen LogP contribution >= 0.6 is 0 Å². The van der Waals surface area contributed by atoms with Gasteiger partial charge in [-0.3, -0.25) is 4.98 Å². The van der Waals surface area contributed by atoms with Gasteiger partial charge < -0.3 is 9.84 Å². The molecule has 1 rings (SSSR count). The summed E-state index contributed by atoms with van der Waals surface area (Å²) in [6, 6.07) is 1.78. The monoisotopic (exact) mass is 153 g/mol. The van der Waals surface area contributed by atoms with E-state index in [0.29, 0.717) is 6.42 Å². The number of aliphatic hydroxyl groups excluding tert-OH is 1. The molecule has 0 aromatic carbocycles. The highest BCUT2D eigenvalue weighted by atomic mass is 16.5. The lowest BCUT2D eigenvalue weighted by Crippen LogP contribution is -1.95. The number of rotatable bonds is 3. The Morgan fingerprint density at radius 2 is 2.45 bits per heavy atom. The molecule has 3 nitrogen and oxygen atoms in total. The van der Waals surface area contributed by atoms with Gasteiger partial charge in [0.2, 0.25) is 0 Å². The van der Waals surface area contributed by atoms with Crippen LogP contribution in [0.3, 0.4) is 0 Å². The highest BCUT2D eigenvalue weighted by Gasteiger charge is 1.99. The summed E-state index contributed by atoms with van der Waals surface area (Å²) in [6.45, 7) is 0.127. The molecule has 1 aromatic rings. The molecule has 0 aliphatic rings. The molecule has 3 heteroatoms. The van der Waals surface area contributed by atoms with Crippen molar-refractivity contribution < 1.29 is 9.84 Å². The smallest absolute Gasteiger partial charge is 0.125 e. The van der Waals surface area contributed by atoms with Gasteiger partial charge in [0.05, 0.1) is 7.11 Å². The average molecular weight is 153 g/mol. The van der Waals surface area contributed by atoms with E-state index in [9.17, 15) is 0 Å². The lowest BCUT2D eigenvalue weighted by Gasteiger charge is -2.04. The molecule has 0 saturated heterocycles. The minimum Gasteiger partial charge on any atom is -0.496 e. The number of aliphatic hydroxyl groups is 1. The molecule has 60 valence electrons. The highest BCUT2D eigenvalue weighted by Crippen LogP contribution is 2.15. The van der Waals surface area contributed by atoms with Gasteiger partial charge in [0.25, 0.3) is 0 Å². The quantitative estimate of drug-likeness (QED) is 0.692. The lowest BCUT2D eigenvalue weighted by atomic mass is 10.2. The first-order valence-electron chi connectivity index (χ1n) is 3.46. The minimum atomic E-state index is 0.127. The predicted octanol–water partition coefficient (Wildman–Crippen LogP) is 0.625. The molecule has 0 amide bonds. The van der Waals surface area contributed by atoms with Crippen LogP contribution in [0.25, 0.3) is 0 Å². The van der Waals surface area contributed by atoms with Crippen LogP contribution in [0.4, 0.5) is 0 Å². The second-order valence-corrected chi connectivity index (χ2v) is 2.16. The summed E-state index contributed by atoms with van der Waals surface area (Å²) in [4.78, 5) is 3.92. The zero-order valence-electron chi connectivity index (χ0n) is 6.45. The standard InChI is InChI=1S/C8H11NO2/c1-11-8-2-4-9-6-7(8)3-5-10/h2,4,6,10H,3,5H2,1H3. The summed E-state index contributed by atoms with van der Waals surface area (Å²) in [7, 11) is 1.61. The van der Waals surface area contributed by atoms with Crippen LogP contribution in [0.5, 0.6) is 5.75 Å². The average Bonchev–Trinajstić information content (AvgIpc) is 2.06. The van der Waals surface area contributed by atoms with Gasteiger partial charge >= 0.3 is 0 Å². The normalized spacial score (nSPS) is 9.64. The zero-order chi connectivity index (χ0) is 8.10. The van der Waals surface area contributed by atoms with E-state index < -0.39 is 0 Å². The van der Waals surface area contributed by atoms with Crippen LogP contribution in [0.1, 0.15) is 5.56 Å². The van der Waals surface area contributed by atoms with Crippen LogP contribution in [0, 0.1) is 0 Å². The molecule has 1 heterocycles. The molecule has 0 radical (unpaired) electrons. The third-order valence-electron chi connectivity index (χ3n) is 1.46. The van der Waals surface area contributed by atoms with Crippen molar-refractivity contribution in [2.45, 2.75) is 6.42 Å². The number of methoxy groups -OCH3 is 1. The maximum atomic E-state index is 8.66. The molecule has 0 aliphatic heterocycles. The van der Waals surface area contributed by atoms with Gasteiger partial charge in [0.15, 0.2) is 0 Å². The highest BCUT2D eigenvalue weighted by molar-refractivity contribution is 5.29. The molecule has 0 bridgehead atoms. The number of hydrogen-bond donors (Lipinski definition) is 1. The van der Waals surface area contributed by atoms with E-state index in [0.717, 1.165) is 11.3 Å². The fraction of sp³-hybridized carbons (Fsp3) is 0.375. The van der Waals surface area contributed by atoms with Crippen LogP contribution in [0.15, 0.2) is 18.5 Å². The minimum absolute atomic E-state index is 0.127. The van der Waals surface area contributed by atoms with Crippen molar-refractivity contribution in [2.75, 3.05) is 13.7 Å². The fourth-order valence-electron chi connectivity index (χ4n) is 0.922. The Bertz CT molecular complexity index is 225. The second-order valence-electron chi connectivity index (χ2n) is 2.16. The summed E-state index contributed by atoms with van der Waals surface area (Å²) < 4.78 is 5.05. The molecule has 11 heavy (non-hydrogen) atoms. The van der Waals surface area contributed by atoms with Gasteiger partial charge in [-0.2, -0.15) is 0 Å². The van der Waals surface area contributed by atoms with E-state index in [1.165, 1.54) is 0 Å². The van der Waals surface area contributed by atoms with Gasteiger partial charge in [-0.1, -0.05) is 0 Å². The van der Waals surface area contributed by atoms with Crippen molar-refractivity contribution in [3.63, 3.8) is 0 Å². The molecule has 0 aliphatic carbocycles.